The molecule has 2 aliphatic rings. The fourth-order valence-corrected chi connectivity index (χ4v) is 3.81. The molecule has 122 valence electrons. The number of hydrogen-bond donors (Lipinski definition) is 2. The lowest BCUT2D eigenvalue weighted by Gasteiger charge is -2.49. The lowest BCUT2D eigenvalue weighted by Crippen LogP contribution is -2.70. The van der Waals surface area contributed by atoms with Crippen LogP contribution in [0.3, 0.4) is 0 Å². The molecule has 0 aromatic heterocycles. The van der Waals surface area contributed by atoms with Crippen LogP contribution in [0.25, 0.3) is 0 Å². The summed E-state index contributed by atoms with van der Waals surface area (Å²) < 4.78 is 36.0. The molecule has 1 unspecified atom stereocenters. The van der Waals surface area contributed by atoms with Gasteiger partial charge in [-0.3, -0.25) is 14.5 Å². The number of halogens is 3. The molecular weight excluding hydrogens is 345 g/mol. The number of carbonyl (C=O) groups excluding carboxylic acids is 2. The molecule has 2 N–H and O–H groups in total. The van der Waals surface area contributed by atoms with Crippen molar-refractivity contribution < 1.29 is 32.7 Å². The summed E-state index contributed by atoms with van der Waals surface area (Å²) in [6.45, 7) is 1.59. The van der Waals surface area contributed by atoms with E-state index >= 15 is 0 Å². The normalized spacial score (nSPS) is 24.7. The van der Waals surface area contributed by atoms with E-state index in [1.807, 2.05) is 0 Å². The van der Waals surface area contributed by atoms with E-state index in [2.05, 4.69) is 5.32 Å². The number of hydrogen-bond acceptors (Lipinski definition) is 5. The zero-order valence-electron chi connectivity index (χ0n) is 11.1. The average Bonchev–Trinajstić information content (AvgIpc) is 2.41. The number of thioether (sulfide) groups is 2. The molecule has 2 atom stereocenters. The minimum Gasteiger partial charge on any atom is -0.477 e. The first kappa shape index (κ1) is 17.0. The van der Waals surface area contributed by atoms with Crippen LogP contribution in [0, 0.1) is 0 Å². The third-order valence-electron chi connectivity index (χ3n) is 3.04. The van der Waals surface area contributed by atoms with Gasteiger partial charge >= 0.3 is 11.5 Å². The second kappa shape index (κ2) is 6.03. The monoisotopic (exact) mass is 356 g/mol. The predicted molar refractivity (Wildman–Crippen MR) is 73.9 cm³/mol. The van der Waals surface area contributed by atoms with Crippen molar-refractivity contribution in [2.75, 3.05) is 11.5 Å². The number of fused-ring (bicyclic) bond motifs is 1. The number of carboxylic acids is 1. The van der Waals surface area contributed by atoms with E-state index in [0.717, 1.165) is 4.90 Å². The Balaban J connectivity index is 1.99. The summed E-state index contributed by atoms with van der Waals surface area (Å²) in [5, 5.41) is 10.7. The number of nitrogens with zero attached hydrogens (tertiary/aromatic N) is 1. The highest BCUT2D eigenvalue weighted by atomic mass is 32.2. The third kappa shape index (κ3) is 3.35. The number of carbonyl (C=O) groups is 3. The number of β-lactam (4-membered cyclic amide) rings is 1. The van der Waals surface area contributed by atoms with Crippen LogP contribution in [0.2, 0.25) is 0 Å². The van der Waals surface area contributed by atoms with E-state index < -0.39 is 52.2 Å². The fourth-order valence-electron chi connectivity index (χ4n) is 2.14. The van der Waals surface area contributed by atoms with Crippen LogP contribution in [-0.2, 0) is 14.4 Å². The van der Waals surface area contributed by atoms with E-state index in [1.165, 1.54) is 11.8 Å². The van der Waals surface area contributed by atoms with Crippen molar-refractivity contribution in [1.29, 1.82) is 0 Å². The quantitative estimate of drug-likeness (QED) is 0.731. The Hall–Kier alpha value is -1.36. The number of carboxylic acid groups (broad SMARTS) is 1. The van der Waals surface area contributed by atoms with E-state index in [1.54, 1.807) is 6.92 Å². The summed E-state index contributed by atoms with van der Waals surface area (Å²) in [5.41, 5.74) is -4.12. The Morgan fingerprint density at radius 3 is 2.68 bits per heavy atom. The molecular formula is C11H11F3N2O4S2. The molecule has 11 heteroatoms. The van der Waals surface area contributed by atoms with Crippen molar-refractivity contribution >= 4 is 41.3 Å². The lowest BCUT2D eigenvalue weighted by molar-refractivity contribution is -0.150. The number of nitrogens with one attached hydrogen (secondary N) is 1. The highest BCUT2D eigenvalue weighted by molar-refractivity contribution is 8.00. The third-order valence-corrected chi connectivity index (χ3v) is 5.20. The first-order valence-corrected chi connectivity index (χ1v) is 8.03. The summed E-state index contributed by atoms with van der Waals surface area (Å²) in [4.78, 5) is 35.6. The van der Waals surface area contributed by atoms with Crippen LogP contribution in [0.5, 0.6) is 0 Å². The maximum Gasteiger partial charge on any atom is 0.442 e. The van der Waals surface area contributed by atoms with Gasteiger partial charge in [0, 0.05) is 5.75 Å². The van der Waals surface area contributed by atoms with Crippen molar-refractivity contribution in [3.63, 3.8) is 0 Å². The Kier molecular flexibility index (Phi) is 4.66. The van der Waals surface area contributed by atoms with Crippen LogP contribution < -0.4 is 5.32 Å². The van der Waals surface area contributed by atoms with Gasteiger partial charge in [0.15, 0.2) is 0 Å². The summed E-state index contributed by atoms with van der Waals surface area (Å²) >= 11 is 0.767. The fraction of sp³-hybridized carbons (Fsp3) is 0.545. The van der Waals surface area contributed by atoms with Gasteiger partial charge in [-0.2, -0.15) is 13.2 Å². The smallest absolute Gasteiger partial charge is 0.442 e. The van der Waals surface area contributed by atoms with Crippen molar-refractivity contribution in [3.05, 3.63) is 11.3 Å². The molecule has 0 aromatic rings. The standard InChI is InChI=1S/C11H11F3N2O4S2/c1-4-2-21-9-6(8(18)16(9)7(4)10(19)20)15-5(17)3-22-11(12,13)14/h6,9H,2-3H2,1H3,(H,15,17)(H,19,20)/t6?,9-/m0/s1. The molecule has 0 saturated carbocycles. The van der Waals surface area contributed by atoms with E-state index in [-0.39, 0.29) is 5.70 Å². The van der Waals surface area contributed by atoms with Gasteiger partial charge < -0.3 is 10.4 Å². The second-order valence-corrected chi connectivity index (χ2v) is 6.77. The number of amides is 2. The highest BCUT2D eigenvalue weighted by Crippen LogP contribution is 2.40. The van der Waals surface area contributed by atoms with Crippen LogP contribution >= 0.6 is 23.5 Å². The van der Waals surface area contributed by atoms with Crippen LogP contribution in [0.1, 0.15) is 6.92 Å². The molecule has 6 nitrogen and oxygen atoms in total. The summed E-state index contributed by atoms with van der Waals surface area (Å²) in [6.07, 6.45) is 0. The van der Waals surface area contributed by atoms with E-state index in [0.29, 0.717) is 11.3 Å². The van der Waals surface area contributed by atoms with Gasteiger partial charge in [-0.1, -0.05) is 0 Å². The predicted octanol–water partition coefficient (Wildman–Crippen LogP) is 0.998. The average molecular weight is 356 g/mol. The maximum atomic E-state index is 12.0. The van der Waals surface area contributed by atoms with Gasteiger partial charge in [-0.05, 0) is 24.3 Å². The minimum atomic E-state index is -4.52. The van der Waals surface area contributed by atoms with Crippen molar-refractivity contribution in [1.82, 2.24) is 10.2 Å². The largest absolute Gasteiger partial charge is 0.477 e. The molecule has 0 aromatic carbocycles. The Morgan fingerprint density at radius 2 is 2.14 bits per heavy atom. The Bertz CT molecular complexity index is 564. The number of alkyl halides is 3. The highest BCUT2D eigenvalue weighted by Gasteiger charge is 2.53. The van der Waals surface area contributed by atoms with Crippen molar-refractivity contribution in [3.8, 4) is 0 Å². The summed E-state index contributed by atoms with van der Waals surface area (Å²) in [7, 11) is 0. The molecule has 2 aliphatic heterocycles. The van der Waals surface area contributed by atoms with Gasteiger partial charge in [-0.25, -0.2) is 4.79 Å². The summed E-state index contributed by atoms with van der Waals surface area (Å²) in [5.74, 6) is -3.25. The van der Waals surface area contributed by atoms with Crippen molar-refractivity contribution in [2.45, 2.75) is 23.8 Å². The Labute approximate surface area is 131 Å². The maximum absolute atomic E-state index is 12.0. The second-order valence-electron chi connectivity index (χ2n) is 4.62. The molecule has 0 bridgehead atoms. The molecule has 1 fully saturated rings. The zero-order valence-corrected chi connectivity index (χ0v) is 12.8. The number of aliphatic carboxylic acids is 1. The topological polar surface area (TPSA) is 86.7 Å². The van der Waals surface area contributed by atoms with Gasteiger partial charge in [0.2, 0.25) is 5.91 Å². The van der Waals surface area contributed by atoms with Crippen molar-refractivity contribution in [2.24, 2.45) is 0 Å². The lowest BCUT2D eigenvalue weighted by atomic mass is 10.0. The minimum absolute atomic E-state index is 0.121. The molecule has 0 aliphatic carbocycles. The first-order chi connectivity index (χ1) is 10.1. The van der Waals surface area contributed by atoms with E-state index in [9.17, 15) is 27.6 Å². The molecule has 1 saturated heterocycles. The van der Waals surface area contributed by atoms with Gasteiger partial charge in [0.05, 0.1) is 5.75 Å². The Morgan fingerprint density at radius 1 is 1.50 bits per heavy atom. The SMILES string of the molecule is CC1=C(C(=O)O)N2C(=O)C(NC(=O)CSC(F)(F)F)[C@@H]2SC1. The van der Waals surface area contributed by atoms with E-state index in [4.69, 9.17) is 5.11 Å². The molecule has 0 spiro atoms. The molecule has 2 amide bonds. The zero-order chi connectivity index (χ0) is 16.7. The summed E-state index contributed by atoms with van der Waals surface area (Å²) in [6, 6.07) is -0.992. The molecule has 2 rings (SSSR count). The van der Waals surface area contributed by atoms with Crippen LogP contribution in [-0.4, -0.2) is 56.2 Å². The molecule has 0 radical (unpaired) electrons. The van der Waals surface area contributed by atoms with Crippen LogP contribution in [0.15, 0.2) is 11.3 Å². The van der Waals surface area contributed by atoms with Gasteiger partial charge in [-0.15, -0.1) is 11.8 Å². The molecule has 2 heterocycles. The van der Waals surface area contributed by atoms with Gasteiger partial charge in [0.1, 0.15) is 17.1 Å². The first-order valence-electron chi connectivity index (χ1n) is 5.99. The van der Waals surface area contributed by atoms with Crippen LogP contribution in [0.4, 0.5) is 13.2 Å². The number of rotatable bonds is 4. The molecule has 22 heavy (non-hydrogen) atoms. The van der Waals surface area contributed by atoms with Gasteiger partial charge in [0.25, 0.3) is 5.91 Å².